The quantitative estimate of drug-likeness (QED) is 0.585. The second kappa shape index (κ2) is 4.68. The molecule has 1 aromatic rings. The Kier molecular flexibility index (Phi) is 3.55. The number of carbonyl (C=O) groups is 1. The zero-order chi connectivity index (χ0) is 11.4. The number of hydrogen-bond acceptors (Lipinski definition) is 4. The van der Waals surface area contributed by atoms with Crippen LogP contribution >= 0.6 is 0 Å². The van der Waals surface area contributed by atoms with E-state index in [1.165, 1.54) is 6.07 Å². The largest absolute Gasteiger partial charge is 0.462 e. The van der Waals surface area contributed by atoms with E-state index in [2.05, 4.69) is 0 Å². The Labute approximate surface area is 89.2 Å². The van der Waals surface area contributed by atoms with Gasteiger partial charge in [-0.2, -0.15) is 0 Å². The fourth-order valence-electron chi connectivity index (χ4n) is 1.03. The van der Waals surface area contributed by atoms with Crippen LogP contribution in [0, 0.1) is 5.92 Å². The van der Waals surface area contributed by atoms with Crippen molar-refractivity contribution in [1.82, 2.24) is 0 Å². The maximum atomic E-state index is 11.5. The Hall–Kier alpha value is -1.71. The number of nitrogen functional groups attached to an aromatic ring is 2. The molecule has 0 atom stereocenters. The maximum Gasteiger partial charge on any atom is 0.338 e. The molecule has 0 saturated carbocycles. The highest BCUT2D eigenvalue weighted by molar-refractivity contribution is 5.91. The molecule has 4 nitrogen and oxygen atoms in total. The Morgan fingerprint density at radius 1 is 1.33 bits per heavy atom. The van der Waals surface area contributed by atoms with Crippen molar-refractivity contribution in [3.05, 3.63) is 23.8 Å². The smallest absolute Gasteiger partial charge is 0.338 e. The van der Waals surface area contributed by atoms with E-state index >= 15 is 0 Å². The Morgan fingerprint density at radius 2 is 2.00 bits per heavy atom. The van der Waals surface area contributed by atoms with E-state index in [1.54, 1.807) is 12.1 Å². The maximum absolute atomic E-state index is 11.5. The van der Waals surface area contributed by atoms with Crippen molar-refractivity contribution >= 4 is 17.3 Å². The monoisotopic (exact) mass is 208 g/mol. The van der Waals surface area contributed by atoms with Gasteiger partial charge in [0.1, 0.15) is 0 Å². The third-order valence-corrected chi connectivity index (χ3v) is 1.87. The van der Waals surface area contributed by atoms with Crippen LogP contribution < -0.4 is 11.5 Å². The third kappa shape index (κ3) is 3.16. The van der Waals surface area contributed by atoms with Crippen LogP contribution in [0.1, 0.15) is 24.2 Å². The highest BCUT2D eigenvalue weighted by atomic mass is 16.5. The molecule has 82 valence electrons. The molecule has 0 aromatic heterocycles. The molecule has 0 aliphatic carbocycles. The van der Waals surface area contributed by atoms with Gasteiger partial charge in [0, 0.05) is 0 Å². The van der Waals surface area contributed by atoms with Gasteiger partial charge in [0.25, 0.3) is 0 Å². The zero-order valence-corrected chi connectivity index (χ0v) is 8.99. The van der Waals surface area contributed by atoms with Gasteiger partial charge in [-0.15, -0.1) is 0 Å². The standard InChI is InChI=1S/C11H16N2O2/c1-7(2)6-15-11(14)8-3-4-9(12)10(13)5-8/h3-5,7H,6,12-13H2,1-2H3. The molecule has 15 heavy (non-hydrogen) atoms. The van der Waals surface area contributed by atoms with Crippen molar-refractivity contribution in [1.29, 1.82) is 0 Å². The summed E-state index contributed by atoms with van der Waals surface area (Å²) in [7, 11) is 0. The molecule has 0 unspecified atom stereocenters. The molecule has 0 bridgehead atoms. The lowest BCUT2D eigenvalue weighted by Gasteiger charge is -2.08. The van der Waals surface area contributed by atoms with E-state index in [0.29, 0.717) is 29.5 Å². The number of carbonyl (C=O) groups excluding carboxylic acids is 1. The molecule has 0 aliphatic rings. The van der Waals surface area contributed by atoms with E-state index in [1.807, 2.05) is 13.8 Å². The third-order valence-electron chi connectivity index (χ3n) is 1.87. The fraction of sp³-hybridized carbons (Fsp3) is 0.364. The first-order chi connectivity index (χ1) is 7.00. The van der Waals surface area contributed by atoms with Crippen LogP contribution in [-0.2, 0) is 4.74 Å². The lowest BCUT2D eigenvalue weighted by molar-refractivity contribution is 0.0459. The number of hydrogen-bond donors (Lipinski definition) is 2. The van der Waals surface area contributed by atoms with Gasteiger partial charge >= 0.3 is 5.97 Å². The van der Waals surface area contributed by atoms with Gasteiger partial charge < -0.3 is 16.2 Å². The SMILES string of the molecule is CC(C)COC(=O)c1ccc(N)c(N)c1. The van der Waals surface area contributed by atoms with E-state index in [4.69, 9.17) is 16.2 Å². The van der Waals surface area contributed by atoms with Gasteiger partial charge in [-0.05, 0) is 24.1 Å². The number of ether oxygens (including phenoxy) is 1. The molecule has 1 rings (SSSR count). The second-order valence-electron chi connectivity index (χ2n) is 3.84. The van der Waals surface area contributed by atoms with Crippen molar-refractivity contribution in [3.63, 3.8) is 0 Å². The van der Waals surface area contributed by atoms with E-state index in [9.17, 15) is 4.79 Å². The van der Waals surface area contributed by atoms with Gasteiger partial charge in [-0.3, -0.25) is 0 Å². The van der Waals surface area contributed by atoms with Crippen LogP contribution in [0.15, 0.2) is 18.2 Å². The van der Waals surface area contributed by atoms with E-state index < -0.39 is 0 Å². The normalized spacial score (nSPS) is 10.3. The van der Waals surface area contributed by atoms with Gasteiger partial charge in [0.2, 0.25) is 0 Å². The Bertz CT molecular complexity index is 362. The summed E-state index contributed by atoms with van der Waals surface area (Å²) in [6.07, 6.45) is 0. The van der Waals surface area contributed by atoms with Crippen LogP contribution in [0.3, 0.4) is 0 Å². The zero-order valence-electron chi connectivity index (χ0n) is 8.99. The van der Waals surface area contributed by atoms with Crippen molar-refractivity contribution in [2.75, 3.05) is 18.1 Å². The molecule has 1 aromatic carbocycles. The summed E-state index contributed by atoms with van der Waals surface area (Å²) in [5, 5.41) is 0. The molecule has 4 N–H and O–H groups in total. The summed E-state index contributed by atoms with van der Waals surface area (Å²) in [6, 6.07) is 4.73. The minimum absolute atomic E-state index is 0.320. The fourth-order valence-corrected chi connectivity index (χ4v) is 1.03. The first kappa shape index (κ1) is 11.4. The predicted octanol–water partition coefficient (Wildman–Crippen LogP) is 1.66. The molecular formula is C11H16N2O2. The average Bonchev–Trinajstić information content (AvgIpc) is 2.18. The topological polar surface area (TPSA) is 78.3 Å². The number of benzene rings is 1. The van der Waals surface area contributed by atoms with Crippen molar-refractivity contribution in [2.24, 2.45) is 5.92 Å². The Balaban J connectivity index is 2.70. The number of anilines is 2. The summed E-state index contributed by atoms with van der Waals surface area (Å²) in [4.78, 5) is 11.5. The first-order valence-electron chi connectivity index (χ1n) is 4.83. The van der Waals surface area contributed by atoms with E-state index in [0.717, 1.165) is 0 Å². The average molecular weight is 208 g/mol. The van der Waals surface area contributed by atoms with Crippen molar-refractivity contribution < 1.29 is 9.53 Å². The summed E-state index contributed by atoms with van der Waals surface area (Å²) < 4.78 is 5.05. The molecule has 0 fully saturated rings. The molecular weight excluding hydrogens is 192 g/mol. The second-order valence-corrected chi connectivity index (χ2v) is 3.84. The highest BCUT2D eigenvalue weighted by Crippen LogP contribution is 2.16. The van der Waals surface area contributed by atoms with Crippen molar-refractivity contribution in [3.8, 4) is 0 Å². The molecule has 0 aliphatic heterocycles. The summed E-state index contributed by atoms with van der Waals surface area (Å²) in [5.74, 6) is -0.0459. The van der Waals surface area contributed by atoms with Crippen LogP contribution in [0.25, 0.3) is 0 Å². The van der Waals surface area contributed by atoms with Gasteiger partial charge in [-0.1, -0.05) is 13.8 Å². The minimum atomic E-state index is -0.365. The van der Waals surface area contributed by atoms with Crippen LogP contribution in [-0.4, -0.2) is 12.6 Å². The van der Waals surface area contributed by atoms with Gasteiger partial charge in [0.05, 0.1) is 23.5 Å². The minimum Gasteiger partial charge on any atom is -0.462 e. The Morgan fingerprint density at radius 3 is 2.53 bits per heavy atom. The summed E-state index contributed by atoms with van der Waals surface area (Å²) in [5.41, 5.74) is 12.4. The molecule has 0 radical (unpaired) electrons. The number of rotatable bonds is 3. The van der Waals surface area contributed by atoms with Gasteiger partial charge in [0.15, 0.2) is 0 Å². The lowest BCUT2D eigenvalue weighted by atomic mass is 10.2. The molecule has 4 heteroatoms. The predicted molar refractivity (Wildman–Crippen MR) is 60.4 cm³/mol. The number of nitrogens with two attached hydrogens (primary N) is 2. The van der Waals surface area contributed by atoms with Crippen LogP contribution in [0.5, 0.6) is 0 Å². The molecule has 0 amide bonds. The highest BCUT2D eigenvalue weighted by Gasteiger charge is 2.09. The molecule has 0 spiro atoms. The lowest BCUT2D eigenvalue weighted by Crippen LogP contribution is -2.10. The van der Waals surface area contributed by atoms with Crippen molar-refractivity contribution in [2.45, 2.75) is 13.8 Å². The summed E-state index contributed by atoms with van der Waals surface area (Å²) in [6.45, 7) is 4.36. The molecule has 0 saturated heterocycles. The van der Waals surface area contributed by atoms with Crippen LogP contribution in [0.2, 0.25) is 0 Å². The first-order valence-corrected chi connectivity index (χ1v) is 4.83. The number of esters is 1. The van der Waals surface area contributed by atoms with E-state index in [-0.39, 0.29) is 5.97 Å². The summed E-state index contributed by atoms with van der Waals surface area (Å²) >= 11 is 0. The molecule has 0 heterocycles. The van der Waals surface area contributed by atoms with Crippen LogP contribution in [0.4, 0.5) is 11.4 Å². The van der Waals surface area contributed by atoms with Gasteiger partial charge in [-0.25, -0.2) is 4.79 Å².